The van der Waals surface area contributed by atoms with E-state index in [4.69, 9.17) is 15.2 Å². The molecule has 0 amide bonds. The Morgan fingerprint density at radius 3 is 2.53 bits per heavy atom. The number of rotatable bonds is 6. The third kappa shape index (κ3) is 4.83. The highest BCUT2D eigenvalue weighted by atomic mass is 16.5. The molecule has 2 aliphatic rings. The number of ether oxygens (including phenoxy) is 2. The second-order valence-corrected chi connectivity index (χ2v) is 7.17. The van der Waals surface area contributed by atoms with Crippen LogP contribution in [0.1, 0.15) is 5.56 Å². The molecule has 1 atom stereocenters. The maximum Gasteiger partial charge on any atom is 0.222 e. The minimum Gasteiger partial charge on any atom is -0.497 e. The highest BCUT2D eigenvalue weighted by Gasteiger charge is 2.30. The predicted molar refractivity (Wildman–Crippen MR) is 119 cm³/mol. The van der Waals surface area contributed by atoms with Gasteiger partial charge in [-0.2, -0.15) is 4.99 Å². The Hall–Kier alpha value is -3.26. The van der Waals surface area contributed by atoms with Gasteiger partial charge in [0.15, 0.2) is 0 Å². The van der Waals surface area contributed by atoms with E-state index in [1.54, 1.807) is 7.11 Å². The molecule has 0 aliphatic carbocycles. The first kappa shape index (κ1) is 20.0. The molecule has 3 N–H and O–H groups in total. The topological polar surface area (TPSA) is 87.7 Å². The van der Waals surface area contributed by atoms with Crippen molar-refractivity contribution < 1.29 is 9.47 Å². The molecule has 4 rings (SSSR count). The summed E-state index contributed by atoms with van der Waals surface area (Å²) in [7, 11) is 1.66. The van der Waals surface area contributed by atoms with Crippen LogP contribution in [0.15, 0.2) is 64.6 Å². The van der Waals surface area contributed by atoms with Crippen molar-refractivity contribution in [3.63, 3.8) is 0 Å². The van der Waals surface area contributed by atoms with Gasteiger partial charge in [0, 0.05) is 25.3 Å². The van der Waals surface area contributed by atoms with Crippen LogP contribution in [0.25, 0.3) is 0 Å². The number of morpholine rings is 1. The fourth-order valence-corrected chi connectivity index (χ4v) is 3.58. The largest absolute Gasteiger partial charge is 0.497 e. The normalized spacial score (nSPS) is 19.2. The van der Waals surface area contributed by atoms with Gasteiger partial charge < -0.3 is 30.3 Å². The fourth-order valence-electron chi connectivity index (χ4n) is 3.58. The van der Waals surface area contributed by atoms with Crippen LogP contribution in [0.4, 0.5) is 5.69 Å². The molecule has 0 spiro atoms. The summed E-state index contributed by atoms with van der Waals surface area (Å²) in [4.78, 5) is 13.6. The van der Waals surface area contributed by atoms with E-state index in [9.17, 15) is 0 Å². The van der Waals surface area contributed by atoms with Crippen molar-refractivity contribution >= 4 is 17.6 Å². The zero-order chi connectivity index (χ0) is 20.8. The first-order valence-corrected chi connectivity index (χ1v) is 10.2. The minimum atomic E-state index is -0.350. The highest BCUT2D eigenvalue weighted by Crippen LogP contribution is 2.20. The quantitative estimate of drug-likeness (QED) is 0.760. The fraction of sp³-hybridized carbons (Fsp3) is 0.364. The van der Waals surface area contributed by atoms with E-state index in [2.05, 4.69) is 49.4 Å². The van der Waals surface area contributed by atoms with Gasteiger partial charge in [-0.15, -0.1) is 0 Å². The maximum absolute atomic E-state index is 6.11. The SMILES string of the molecule is COc1ccc(NC2N=C(N)N=C(N3CCOCC3)N2CCc2ccccc2)cc1. The van der Waals surface area contributed by atoms with Crippen molar-refractivity contribution in [2.24, 2.45) is 15.7 Å². The van der Waals surface area contributed by atoms with Crippen molar-refractivity contribution in [1.82, 2.24) is 9.80 Å². The number of nitrogens with two attached hydrogens (primary N) is 1. The van der Waals surface area contributed by atoms with Crippen molar-refractivity contribution in [2.45, 2.75) is 12.7 Å². The predicted octanol–water partition coefficient (Wildman–Crippen LogP) is 1.95. The molecule has 2 aromatic rings. The van der Waals surface area contributed by atoms with E-state index < -0.39 is 0 Å². The average molecular weight is 409 g/mol. The summed E-state index contributed by atoms with van der Waals surface area (Å²) in [6.07, 6.45) is 0.526. The molecule has 0 aromatic heterocycles. The van der Waals surface area contributed by atoms with Gasteiger partial charge in [0.25, 0.3) is 0 Å². The van der Waals surface area contributed by atoms with Gasteiger partial charge in [0.1, 0.15) is 5.75 Å². The number of benzene rings is 2. The number of hydrogen-bond acceptors (Lipinski definition) is 8. The smallest absolute Gasteiger partial charge is 0.222 e. The Labute approximate surface area is 177 Å². The van der Waals surface area contributed by atoms with Crippen molar-refractivity contribution in [3.05, 3.63) is 60.2 Å². The zero-order valence-electron chi connectivity index (χ0n) is 17.2. The van der Waals surface area contributed by atoms with Gasteiger partial charge >= 0.3 is 0 Å². The second kappa shape index (κ2) is 9.49. The van der Waals surface area contributed by atoms with Crippen LogP contribution in [0.3, 0.4) is 0 Å². The summed E-state index contributed by atoms with van der Waals surface area (Å²) in [5.41, 5.74) is 8.31. The molecular formula is C22H28N6O2. The van der Waals surface area contributed by atoms with Crippen LogP contribution in [-0.4, -0.2) is 68.0 Å². The second-order valence-electron chi connectivity index (χ2n) is 7.17. The molecule has 2 heterocycles. The van der Waals surface area contributed by atoms with Gasteiger partial charge in [-0.25, -0.2) is 4.99 Å². The molecule has 8 heteroatoms. The summed E-state index contributed by atoms with van der Waals surface area (Å²) in [6, 6.07) is 18.2. The van der Waals surface area contributed by atoms with Crippen LogP contribution in [0, 0.1) is 0 Å². The Morgan fingerprint density at radius 2 is 1.83 bits per heavy atom. The number of guanidine groups is 2. The van der Waals surface area contributed by atoms with E-state index in [1.165, 1.54) is 5.56 Å². The number of hydrogen-bond donors (Lipinski definition) is 2. The molecule has 2 aromatic carbocycles. The van der Waals surface area contributed by atoms with Crippen molar-refractivity contribution in [2.75, 3.05) is 45.3 Å². The third-order valence-electron chi connectivity index (χ3n) is 5.19. The average Bonchev–Trinajstić information content (AvgIpc) is 2.80. The summed E-state index contributed by atoms with van der Waals surface area (Å²) >= 11 is 0. The van der Waals surface area contributed by atoms with Gasteiger partial charge in [-0.05, 0) is 36.2 Å². The molecule has 8 nitrogen and oxygen atoms in total. The first-order chi connectivity index (χ1) is 14.7. The molecule has 0 bridgehead atoms. The number of nitrogens with one attached hydrogen (secondary N) is 1. The van der Waals surface area contributed by atoms with Crippen molar-refractivity contribution in [1.29, 1.82) is 0 Å². The Bertz CT molecular complexity index is 878. The molecule has 158 valence electrons. The van der Waals surface area contributed by atoms with Crippen molar-refractivity contribution in [3.8, 4) is 5.75 Å². The van der Waals surface area contributed by atoms with Crippen LogP contribution < -0.4 is 15.8 Å². The van der Waals surface area contributed by atoms with Crippen LogP contribution in [-0.2, 0) is 11.2 Å². The molecule has 0 radical (unpaired) electrons. The van der Waals surface area contributed by atoms with E-state index in [-0.39, 0.29) is 12.2 Å². The first-order valence-electron chi connectivity index (χ1n) is 10.2. The van der Waals surface area contributed by atoms with Gasteiger partial charge in [0.05, 0.1) is 20.3 Å². The van der Waals surface area contributed by atoms with E-state index in [0.29, 0.717) is 13.2 Å². The Morgan fingerprint density at radius 1 is 1.10 bits per heavy atom. The molecule has 30 heavy (non-hydrogen) atoms. The van der Waals surface area contributed by atoms with E-state index in [1.807, 2.05) is 30.3 Å². The summed E-state index contributed by atoms with van der Waals surface area (Å²) in [6.45, 7) is 3.68. The molecule has 1 saturated heterocycles. The molecule has 2 aliphatic heterocycles. The maximum atomic E-state index is 6.11. The lowest BCUT2D eigenvalue weighted by Crippen LogP contribution is -2.57. The highest BCUT2D eigenvalue weighted by molar-refractivity contribution is 5.96. The van der Waals surface area contributed by atoms with Gasteiger partial charge in [-0.1, -0.05) is 30.3 Å². The monoisotopic (exact) mass is 408 g/mol. The lowest BCUT2D eigenvalue weighted by molar-refractivity contribution is 0.0607. The number of nitrogens with zero attached hydrogens (tertiary/aromatic N) is 4. The number of aliphatic imine (C=N–C) groups is 2. The number of methoxy groups -OCH3 is 1. The van der Waals surface area contributed by atoms with E-state index in [0.717, 1.165) is 43.5 Å². The number of anilines is 1. The van der Waals surface area contributed by atoms with Gasteiger partial charge in [0.2, 0.25) is 18.2 Å². The molecule has 1 unspecified atom stereocenters. The third-order valence-corrected chi connectivity index (χ3v) is 5.19. The lowest BCUT2D eigenvalue weighted by atomic mass is 10.1. The molecule has 0 saturated carbocycles. The molecular weight excluding hydrogens is 380 g/mol. The van der Waals surface area contributed by atoms with E-state index >= 15 is 0 Å². The van der Waals surface area contributed by atoms with Crippen LogP contribution in [0.5, 0.6) is 5.75 Å². The summed E-state index contributed by atoms with van der Waals surface area (Å²) in [5.74, 6) is 1.93. The lowest BCUT2D eigenvalue weighted by Gasteiger charge is -2.41. The summed E-state index contributed by atoms with van der Waals surface area (Å²) < 4.78 is 10.8. The Balaban J connectivity index is 1.56. The van der Waals surface area contributed by atoms with Crippen LogP contribution >= 0.6 is 0 Å². The zero-order valence-corrected chi connectivity index (χ0v) is 17.2. The summed E-state index contributed by atoms with van der Waals surface area (Å²) in [5, 5.41) is 3.48. The Kier molecular flexibility index (Phi) is 6.34. The van der Waals surface area contributed by atoms with Gasteiger partial charge in [-0.3, -0.25) is 0 Å². The standard InChI is InChI=1S/C22H28N6O2/c1-29-19-9-7-18(8-10-19)24-21-25-20(23)26-22(27-13-15-30-16-14-27)28(21)12-11-17-5-3-2-4-6-17/h2-10,21,24H,11-16H2,1H3,(H2,23,25). The minimum absolute atomic E-state index is 0.276. The molecule has 1 fully saturated rings. The van der Waals surface area contributed by atoms with Crippen LogP contribution in [0.2, 0.25) is 0 Å².